The molecule has 1 unspecified atom stereocenters. The number of aromatic nitrogens is 2. The normalized spacial score (nSPS) is 15.0. The van der Waals surface area contributed by atoms with Crippen molar-refractivity contribution < 1.29 is 9.18 Å². The monoisotopic (exact) mass is 440 g/mol. The molecule has 0 bridgehead atoms. The Morgan fingerprint density at radius 2 is 1.84 bits per heavy atom. The molecule has 1 aliphatic rings. The van der Waals surface area contributed by atoms with Crippen molar-refractivity contribution in [1.29, 1.82) is 0 Å². The number of nitrogens with zero attached hydrogens (tertiary/aromatic N) is 3. The van der Waals surface area contributed by atoms with Crippen LogP contribution in [-0.4, -0.2) is 40.2 Å². The van der Waals surface area contributed by atoms with Gasteiger partial charge in [-0.25, -0.2) is 4.39 Å². The molecule has 31 heavy (non-hydrogen) atoms. The number of halogens is 2. The second-order valence-electron chi connectivity index (χ2n) is 7.47. The molecule has 160 valence electrons. The average Bonchev–Trinajstić information content (AvgIpc) is 3.29. The van der Waals surface area contributed by atoms with Gasteiger partial charge in [0.25, 0.3) is 11.5 Å². The van der Waals surface area contributed by atoms with Crippen LogP contribution in [0.1, 0.15) is 34.9 Å². The largest absolute Gasteiger partial charge is 0.349 e. The maximum Gasteiger partial charge on any atom is 0.271 e. The molecule has 6 nitrogen and oxygen atoms in total. The molecule has 0 radical (unpaired) electrons. The Balaban J connectivity index is 1.53. The van der Waals surface area contributed by atoms with Crippen LogP contribution >= 0.6 is 11.6 Å². The maximum absolute atomic E-state index is 13.2. The van der Waals surface area contributed by atoms with Gasteiger partial charge in [-0.15, -0.1) is 0 Å². The number of hydrogen-bond donors (Lipinski definition) is 1. The lowest BCUT2D eigenvalue weighted by molar-refractivity contribution is 0.0931. The Bertz CT molecular complexity index is 1130. The summed E-state index contributed by atoms with van der Waals surface area (Å²) in [5.41, 5.74) is 1.13. The first-order valence-corrected chi connectivity index (χ1v) is 10.5. The van der Waals surface area contributed by atoms with Crippen molar-refractivity contribution >= 4 is 17.5 Å². The predicted octanol–water partition coefficient (Wildman–Crippen LogP) is 3.59. The summed E-state index contributed by atoms with van der Waals surface area (Å²) in [6.07, 6.45) is 2.24. The molecular formula is C23H22ClFN4O2. The number of hydrogen-bond acceptors (Lipinski definition) is 4. The summed E-state index contributed by atoms with van der Waals surface area (Å²) >= 11 is 6.18. The maximum atomic E-state index is 13.2. The van der Waals surface area contributed by atoms with Crippen molar-refractivity contribution in [2.75, 3.05) is 19.6 Å². The highest BCUT2D eigenvalue weighted by Crippen LogP contribution is 2.26. The van der Waals surface area contributed by atoms with Crippen LogP contribution in [-0.2, 0) is 0 Å². The van der Waals surface area contributed by atoms with E-state index in [0.717, 1.165) is 36.2 Å². The van der Waals surface area contributed by atoms with Crippen molar-refractivity contribution in [3.63, 3.8) is 0 Å². The number of rotatable bonds is 6. The minimum Gasteiger partial charge on any atom is -0.349 e. The average molecular weight is 441 g/mol. The molecular weight excluding hydrogens is 419 g/mol. The van der Waals surface area contributed by atoms with Gasteiger partial charge in [0.1, 0.15) is 11.5 Å². The number of nitrogens with one attached hydrogen (secondary N) is 1. The van der Waals surface area contributed by atoms with E-state index in [1.54, 1.807) is 0 Å². The standard InChI is InChI=1S/C23H22ClFN4O2/c24-17-5-3-4-16(14-17)21(28-12-1-2-13-28)15-26-23(31)20-10-11-22(30)29(27-20)19-8-6-18(25)7-9-19/h3-11,14,21H,1-2,12-13,15H2,(H,26,31). The molecule has 0 aliphatic carbocycles. The first-order valence-electron chi connectivity index (χ1n) is 10.2. The molecule has 0 saturated carbocycles. The molecule has 2 aromatic carbocycles. The van der Waals surface area contributed by atoms with Gasteiger partial charge < -0.3 is 5.32 Å². The summed E-state index contributed by atoms with van der Waals surface area (Å²) in [7, 11) is 0. The summed E-state index contributed by atoms with van der Waals surface area (Å²) in [5.74, 6) is -0.804. The Kier molecular flexibility index (Phi) is 6.44. The summed E-state index contributed by atoms with van der Waals surface area (Å²) in [6, 6.07) is 15.7. The molecule has 1 saturated heterocycles. The van der Waals surface area contributed by atoms with Gasteiger partial charge in [-0.1, -0.05) is 23.7 Å². The SMILES string of the molecule is O=C(NCC(c1cccc(Cl)c1)N1CCCC1)c1ccc(=O)n(-c2ccc(F)cc2)n1. The molecule has 3 aromatic rings. The summed E-state index contributed by atoms with van der Waals surface area (Å²) in [4.78, 5) is 27.3. The zero-order valence-corrected chi connectivity index (χ0v) is 17.6. The molecule has 2 heterocycles. The van der Waals surface area contributed by atoms with Gasteiger partial charge in [0, 0.05) is 17.6 Å². The molecule has 4 rings (SSSR count). The van der Waals surface area contributed by atoms with E-state index >= 15 is 0 Å². The fourth-order valence-electron chi connectivity index (χ4n) is 3.80. The third-order valence-corrected chi connectivity index (χ3v) is 5.61. The highest BCUT2D eigenvalue weighted by Gasteiger charge is 2.24. The summed E-state index contributed by atoms with van der Waals surface area (Å²) < 4.78 is 14.3. The van der Waals surface area contributed by atoms with Crippen LogP contribution in [0.5, 0.6) is 0 Å². The highest BCUT2D eigenvalue weighted by molar-refractivity contribution is 6.30. The second kappa shape index (κ2) is 9.41. The Morgan fingerprint density at radius 3 is 2.55 bits per heavy atom. The Hall–Kier alpha value is -3.03. The molecule has 1 aromatic heterocycles. The van der Waals surface area contributed by atoms with Crippen LogP contribution in [0.15, 0.2) is 65.5 Å². The highest BCUT2D eigenvalue weighted by atomic mass is 35.5. The predicted molar refractivity (Wildman–Crippen MR) is 117 cm³/mol. The first-order chi connectivity index (χ1) is 15.0. The number of carbonyl (C=O) groups excluding carboxylic acids is 1. The van der Waals surface area contributed by atoms with E-state index < -0.39 is 11.4 Å². The zero-order valence-electron chi connectivity index (χ0n) is 16.8. The van der Waals surface area contributed by atoms with Crippen LogP contribution in [0.25, 0.3) is 5.69 Å². The number of likely N-dealkylation sites (tertiary alicyclic amines) is 1. The van der Waals surface area contributed by atoms with Crippen LogP contribution in [0.4, 0.5) is 4.39 Å². The van der Waals surface area contributed by atoms with Crippen molar-refractivity contribution in [3.8, 4) is 5.69 Å². The smallest absolute Gasteiger partial charge is 0.271 e. The Labute approximate surface area is 184 Å². The minimum absolute atomic E-state index is 0.00634. The van der Waals surface area contributed by atoms with Gasteiger partial charge in [0.15, 0.2) is 0 Å². The van der Waals surface area contributed by atoms with Gasteiger partial charge in [0.05, 0.1) is 11.7 Å². The summed E-state index contributed by atoms with van der Waals surface area (Å²) in [5, 5.41) is 7.76. The van der Waals surface area contributed by atoms with Gasteiger partial charge >= 0.3 is 0 Å². The number of amides is 1. The van der Waals surface area contributed by atoms with Gasteiger partial charge in [0.2, 0.25) is 0 Å². The molecule has 1 amide bonds. The third kappa shape index (κ3) is 5.00. The molecule has 1 N–H and O–H groups in total. The van der Waals surface area contributed by atoms with E-state index in [4.69, 9.17) is 11.6 Å². The zero-order chi connectivity index (χ0) is 21.8. The van der Waals surface area contributed by atoms with Gasteiger partial charge in [-0.2, -0.15) is 9.78 Å². The van der Waals surface area contributed by atoms with E-state index in [0.29, 0.717) is 17.3 Å². The van der Waals surface area contributed by atoms with Gasteiger partial charge in [-0.3, -0.25) is 14.5 Å². The fraction of sp³-hybridized carbons (Fsp3) is 0.261. The summed E-state index contributed by atoms with van der Waals surface area (Å²) in [6.45, 7) is 2.30. The first kappa shape index (κ1) is 21.2. The van der Waals surface area contributed by atoms with Crippen molar-refractivity contribution in [3.05, 3.63) is 93.1 Å². The minimum atomic E-state index is -0.417. The third-order valence-electron chi connectivity index (χ3n) is 5.37. The van der Waals surface area contributed by atoms with E-state index in [1.165, 1.54) is 36.4 Å². The van der Waals surface area contributed by atoms with E-state index in [2.05, 4.69) is 15.3 Å². The van der Waals surface area contributed by atoms with Gasteiger partial charge in [-0.05, 0) is 74.0 Å². The van der Waals surface area contributed by atoms with Crippen LogP contribution < -0.4 is 10.9 Å². The van der Waals surface area contributed by atoms with Crippen LogP contribution in [0, 0.1) is 5.82 Å². The lowest BCUT2D eigenvalue weighted by atomic mass is 10.1. The number of carbonyl (C=O) groups is 1. The van der Waals surface area contributed by atoms with E-state index in [9.17, 15) is 14.0 Å². The molecule has 1 aliphatic heterocycles. The number of benzene rings is 2. The van der Waals surface area contributed by atoms with Crippen molar-refractivity contribution in [1.82, 2.24) is 20.0 Å². The fourth-order valence-corrected chi connectivity index (χ4v) is 4.00. The topological polar surface area (TPSA) is 67.2 Å². The van der Waals surface area contributed by atoms with Crippen LogP contribution in [0.2, 0.25) is 5.02 Å². The van der Waals surface area contributed by atoms with Crippen molar-refractivity contribution in [2.45, 2.75) is 18.9 Å². The molecule has 0 spiro atoms. The second-order valence-corrected chi connectivity index (χ2v) is 7.91. The lowest BCUT2D eigenvalue weighted by Gasteiger charge is -2.28. The van der Waals surface area contributed by atoms with E-state index in [1.807, 2.05) is 24.3 Å². The quantitative estimate of drug-likeness (QED) is 0.636. The molecule has 8 heteroatoms. The molecule has 1 atom stereocenters. The van der Waals surface area contributed by atoms with Crippen LogP contribution in [0.3, 0.4) is 0 Å². The molecule has 1 fully saturated rings. The van der Waals surface area contributed by atoms with E-state index in [-0.39, 0.29) is 17.6 Å². The van der Waals surface area contributed by atoms with Crippen molar-refractivity contribution in [2.24, 2.45) is 0 Å². The lowest BCUT2D eigenvalue weighted by Crippen LogP contribution is -2.37. The Morgan fingerprint density at radius 1 is 1.10 bits per heavy atom.